The van der Waals surface area contributed by atoms with E-state index >= 15 is 0 Å². The Kier molecular flexibility index (Phi) is 7.34. The van der Waals surface area contributed by atoms with Crippen molar-refractivity contribution < 1.29 is 9.53 Å². The summed E-state index contributed by atoms with van der Waals surface area (Å²) in [7, 11) is 0. The van der Waals surface area contributed by atoms with Crippen LogP contribution in [0.2, 0.25) is 0 Å². The molecule has 4 aromatic carbocycles. The summed E-state index contributed by atoms with van der Waals surface area (Å²) >= 11 is 3.45. The number of nitriles is 1. The molecule has 0 aliphatic carbocycles. The molecule has 0 radical (unpaired) electrons. The van der Waals surface area contributed by atoms with Crippen molar-refractivity contribution in [3.63, 3.8) is 0 Å². The molecular weight excluding hydrogens is 526 g/mol. The fraction of sp³-hybridized carbons (Fsp3) is 0.0968. The SMILES string of the molecule is N#C/C(=C/c1c(OCc2ccc(Br)cc2)ccc2ccccc12)C(=O)NCCc1c[nH]c2ccccc12. The molecule has 0 unspecified atom stereocenters. The summed E-state index contributed by atoms with van der Waals surface area (Å²) in [5.74, 6) is 0.204. The van der Waals surface area contributed by atoms with Gasteiger partial charge in [-0.25, -0.2) is 0 Å². The maximum atomic E-state index is 13.0. The Hall–Kier alpha value is -4.34. The van der Waals surface area contributed by atoms with Gasteiger partial charge >= 0.3 is 0 Å². The van der Waals surface area contributed by atoms with E-state index in [2.05, 4.69) is 38.4 Å². The van der Waals surface area contributed by atoms with Crippen molar-refractivity contribution in [1.29, 1.82) is 5.26 Å². The Morgan fingerprint density at radius 3 is 2.54 bits per heavy atom. The minimum absolute atomic E-state index is 0.0313. The standard InChI is InChI=1S/C31H24BrN3O2/c32-25-12-9-21(10-13-25)20-37-30-14-11-22-5-1-2-6-26(22)28(30)17-24(18-33)31(36)34-16-15-23-19-35-29-8-4-3-7-27(23)29/h1-14,17,19,35H,15-16,20H2,(H,34,36)/b24-17-. The molecule has 6 heteroatoms. The van der Waals surface area contributed by atoms with E-state index in [9.17, 15) is 10.1 Å². The van der Waals surface area contributed by atoms with Crippen LogP contribution in [0.4, 0.5) is 0 Å². The number of amides is 1. The number of carbonyl (C=O) groups excluding carboxylic acids is 1. The van der Waals surface area contributed by atoms with E-state index < -0.39 is 5.91 Å². The van der Waals surface area contributed by atoms with Gasteiger partial charge in [0.05, 0.1) is 0 Å². The topological polar surface area (TPSA) is 77.9 Å². The lowest BCUT2D eigenvalue weighted by Crippen LogP contribution is -2.26. The number of nitrogens with one attached hydrogen (secondary N) is 2. The zero-order chi connectivity index (χ0) is 25.6. The lowest BCUT2D eigenvalue weighted by Gasteiger charge is -2.13. The molecule has 2 N–H and O–H groups in total. The van der Waals surface area contributed by atoms with Gasteiger partial charge in [-0.1, -0.05) is 76.6 Å². The van der Waals surface area contributed by atoms with Gasteiger partial charge in [0.2, 0.25) is 0 Å². The highest BCUT2D eigenvalue weighted by atomic mass is 79.9. The van der Waals surface area contributed by atoms with E-state index in [-0.39, 0.29) is 5.57 Å². The molecular formula is C31H24BrN3O2. The molecule has 1 amide bonds. The number of ether oxygens (including phenoxy) is 1. The predicted octanol–water partition coefficient (Wildman–Crippen LogP) is 6.93. The quantitative estimate of drug-likeness (QED) is 0.163. The number of carbonyl (C=O) groups is 1. The molecule has 0 spiro atoms. The van der Waals surface area contributed by atoms with Crippen LogP contribution in [-0.2, 0) is 17.8 Å². The number of benzene rings is 4. The van der Waals surface area contributed by atoms with Crippen molar-refractivity contribution in [2.45, 2.75) is 13.0 Å². The van der Waals surface area contributed by atoms with Crippen LogP contribution in [0.3, 0.4) is 0 Å². The number of halogens is 1. The first kappa shape index (κ1) is 24.4. The molecule has 37 heavy (non-hydrogen) atoms. The first-order chi connectivity index (χ1) is 18.1. The number of H-pyrrole nitrogens is 1. The molecule has 182 valence electrons. The second-order valence-electron chi connectivity index (χ2n) is 8.65. The monoisotopic (exact) mass is 549 g/mol. The maximum absolute atomic E-state index is 13.0. The average Bonchev–Trinajstić information content (AvgIpc) is 3.34. The van der Waals surface area contributed by atoms with Crippen molar-refractivity contribution >= 4 is 49.6 Å². The van der Waals surface area contributed by atoms with E-state index in [0.29, 0.717) is 30.9 Å². The van der Waals surface area contributed by atoms with Crippen LogP contribution in [0.25, 0.3) is 27.8 Å². The van der Waals surface area contributed by atoms with E-state index in [0.717, 1.165) is 37.3 Å². The summed E-state index contributed by atoms with van der Waals surface area (Å²) in [5, 5.41) is 15.8. The summed E-state index contributed by atoms with van der Waals surface area (Å²) in [5.41, 5.74) is 3.94. The molecule has 1 aromatic heterocycles. The summed E-state index contributed by atoms with van der Waals surface area (Å²) < 4.78 is 7.16. The van der Waals surface area contributed by atoms with Crippen molar-refractivity contribution in [3.8, 4) is 11.8 Å². The molecule has 0 aliphatic heterocycles. The number of hydrogen-bond donors (Lipinski definition) is 2. The van der Waals surface area contributed by atoms with Gasteiger partial charge < -0.3 is 15.0 Å². The molecule has 0 aliphatic rings. The largest absolute Gasteiger partial charge is 0.488 e. The Balaban J connectivity index is 1.37. The number of rotatable bonds is 8. The normalized spacial score (nSPS) is 11.4. The predicted molar refractivity (Wildman–Crippen MR) is 151 cm³/mol. The third-order valence-electron chi connectivity index (χ3n) is 6.25. The number of para-hydroxylation sites is 1. The van der Waals surface area contributed by atoms with Gasteiger partial charge in [0.1, 0.15) is 24.0 Å². The third kappa shape index (κ3) is 5.58. The first-order valence-corrected chi connectivity index (χ1v) is 12.8. The third-order valence-corrected chi connectivity index (χ3v) is 6.78. The van der Waals surface area contributed by atoms with Crippen molar-refractivity contribution in [2.24, 2.45) is 0 Å². The Morgan fingerprint density at radius 2 is 1.73 bits per heavy atom. The van der Waals surface area contributed by atoms with Crippen molar-refractivity contribution in [3.05, 3.63) is 118 Å². The molecule has 0 fully saturated rings. The Bertz CT molecular complexity index is 1650. The summed E-state index contributed by atoms with van der Waals surface area (Å²) in [6.07, 6.45) is 4.24. The molecule has 5 nitrogen and oxygen atoms in total. The number of aromatic amines is 1. The summed E-state index contributed by atoms with van der Waals surface area (Å²) in [6.45, 7) is 0.785. The Labute approximate surface area is 223 Å². The van der Waals surface area contributed by atoms with Gasteiger partial charge in [-0.2, -0.15) is 5.26 Å². The van der Waals surface area contributed by atoms with Crippen LogP contribution in [0, 0.1) is 11.3 Å². The van der Waals surface area contributed by atoms with Crippen molar-refractivity contribution in [2.75, 3.05) is 6.54 Å². The lowest BCUT2D eigenvalue weighted by molar-refractivity contribution is -0.117. The average molecular weight is 550 g/mol. The highest BCUT2D eigenvalue weighted by Gasteiger charge is 2.14. The van der Waals surface area contributed by atoms with Gasteiger partial charge in [-0.3, -0.25) is 4.79 Å². The van der Waals surface area contributed by atoms with Crippen LogP contribution >= 0.6 is 15.9 Å². The van der Waals surface area contributed by atoms with E-state index in [1.165, 1.54) is 0 Å². The number of nitrogens with zero attached hydrogens (tertiary/aromatic N) is 1. The number of hydrogen-bond acceptors (Lipinski definition) is 3. The van der Waals surface area contributed by atoms with Crippen LogP contribution < -0.4 is 10.1 Å². The molecule has 1 heterocycles. The molecule has 0 saturated carbocycles. The summed E-state index contributed by atoms with van der Waals surface area (Å²) in [4.78, 5) is 16.2. The van der Waals surface area contributed by atoms with Gasteiger partial charge in [-0.15, -0.1) is 0 Å². The second kappa shape index (κ2) is 11.2. The molecule has 0 bridgehead atoms. The highest BCUT2D eigenvalue weighted by molar-refractivity contribution is 9.10. The van der Waals surface area contributed by atoms with Crippen LogP contribution in [-0.4, -0.2) is 17.4 Å². The highest BCUT2D eigenvalue weighted by Crippen LogP contribution is 2.31. The zero-order valence-electron chi connectivity index (χ0n) is 20.0. The van der Waals surface area contributed by atoms with Gasteiger partial charge in [0.15, 0.2) is 0 Å². The molecule has 0 atom stereocenters. The minimum atomic E-state index is -0.408. The maximum Gasteiger partial charge on any atom is 0.261 e. The van der Waals surface area contributed by atoms with Crippen molar-refractivity contribution in [1.82, 2.24) is 10.3 Å². The van der Waals surface area contributed by atoms with Crippen LogP contribution in [0.15, 0.2) is 101 Å². The number of fused-ring (bicyclic) bond motifs is 2. The molecule has 5 rings (SSSR count). The fourth-order valence-electron chi connectivity index (χ4n) is 4.33. The number of aromatic nitrogens is 1. The second-order valence-corrected chi connectivity index (χ2v) is 9.56. The van der Waals surface area contributed by atoms with E-state index in [1.807, 2.05) is 85.1 Å². The molecule has 0 saturated heterocycles. The first-order valence-electron chi connectivity index (χ1n) is 12.0. The fourth-order valence-corrected chi connectivity index (χ4v) is 4.59. The summed E-state index contributed by atoms with van der Waals surface area (Å²) in [6, 6.07) is 29.8. The lowest BCUT2D eigenvalue weighted by atomic mass is 10.0. The smallest absolute Gasteiger partial charge is 0.261 e. The van der Waals surface area contributed by atoms with Crippen LogP contribution in [0.5, 0.6) is 5.75 Å². The van der Waals surface area contributed by atoms with E-state index in [1.54, 1.807) is 6.08 Å². The van der Waals surface area contributed by atoms with Gasteiger partial charge in [0.25, 0.3) is 5.91 Å². The van der Waals surface area contributed by atoms with Gasteiger partial charge in [-0.05, 0) is 58.7 Å². The molecule has 5 aromatic rings. The van der Waals surface area contributed by atoms with Crippen LogP contribution in [0.1, 0.15) is 16.7 Å². The Morgan fingerprint density at radius 1 is 0.973 bits per heavy atom. The minimum Gasteiger partial charge on any atom is -0.488 e. The zero-order valence-corrected chi connectivity index (χ0v) is 21.6. The van der Waals surface area contributed by atoms with E-state index in [4.69, 9.17) is 4.74 Å². The van der Waals surface area contributed by atoms with Gasteiger partial charge in [0, 0.05) is 33.7 Å².